The van der Waals surface area contributed by atoms with E-state index < -0.39 is 0 Å². The molecule has 0 saturated heterocycles. The minimum absolute atomic E-state index is 0.0472. The van der Waals surface area contributed by atoms with E-state index in [0.29, 0.717) is 22.7 Å². The van der Waals surface area contributed by atoms with Gasteiger partial charge in [-0.2, -0.15) is 0 Å². The van der Waals surface area contributed by atoms with Gasteiger partial charge in [0.2, 0.25) is 5.91 Å². The molecule has 0 aliphatic heterocycles. The van der Waals surface area contributed by atoms with Gasteiger partial charge in [0, 0.05) is 14.1 Å². The molecule has 5 saturated carbocycles. The predicted molar refractivity (Wildman–Crippen MR) is 165 cm³/mol. The van der Waals surface area contributed by atoms with Crippen molar-refractivity contribution in [3.63, 3.8) is 0 Å². The Kier molecular flexibility index (Phi) is 7.63. The first kappa shape index (κ1) is 29.2. The largest absolute Gasteiger partial charge is 0.348 e. The molecule has 5 fully saturated rings. The Bertz CT molecular complexity index is 1030. The SMILES string of the molecule is C=C/C=C(\C)C1=CCC2(C)C(CCC3(C)C4CCC5(C(=O)N(C)C)CCCC5C4CCC32)C1(C)C.CC1CC1. The number of carbonyl (C=O) groups is 1. The third-order valence-corrected chi connectivity index (χ3v) is 13.6. The van der Waals surface area contributed by atoms with Crippen molar-refractivity contribution in [2.75, 3.05) is 14.1 Å². The highest BCUT2D eigenvalue weighted by Gasteiger charge is 2.66. The Hall–Kier alpha value is -1.31. The van der Waals surface area contributed by atoms with Crippen LogP contribution in [0.3, 0.4) is 0 Å². The molecular formula is C37H59NO. The van der Waals surface area contributed by atoms with E-state index in [1.54, 1.807) is 5.57 Å². The molecule has 0 aromatic heterocycles. The third kappa shape index (κ3) is 4.53. The number of hydrogen-bond donors (Lipinski definition) is 0. The van der Waals surface area contributed by atoms with E-state index in [1.165, 1.54) is 69.8 Å². The summed E-state index contributed by atoms with van der Waals surface area (Å²) in [7, 11) is 3.97. The average Bonchev–Trinajstić information content (AvgIpc) is 3.52. The van der Waals surface area contributed by atoms with Crippen LogP contribution in [0.4, 0.5) is 0 Å². The molecule has 0 aromatic carbocycles. The number of hydrogen-bond acceptors (Lipinski definition) is 1. The van der Waals surface area contributed by atoms with E-state index >= 15 is 0 Å². The van der Waals surface area contributed by atoms with Gasteiger partial charge in [-0.25, -0.2) is 0 Å². The average molecular weight is 534 g/mol. The molecule has 0 bridgehead atoms. The second-order valence-corrected chi connectivity index (χ2v) is 16.2. The summed E-state index contributed by atoms with van der Waals surface area (Å²) < 4.78 is 0. The van der Waals surface area contributed by atoms with Crippen molar-refractivity contribution in [2.45, 2.75) is 119 Å². The second-order valence-electron chi connectivity index (χ2n) is 16.2. The summed E-state index contributed by atoms with van der Waals surface area (Å²) in [5, 5.41) is 0. The maximum Gasteiger partial charge on any atom is 0.228 e. The zero-order chi connectivity index (χ0) is 28.4. The summed E-state index contributed by atoms with van der Waals surface area (Å²) in [6.07, 6.45) is 22.5. The lowest BCUT2D eigenvalue weighted by Crippen LogP contribution is -2.62. The van der Waals surface area contributed by atoms with E-state index in [4.69, 9.17) is 0 Å². The van der Waals surface area contributed by atoms with Crippen molar-refractivity contribution in [3.05, 3.63) is 36.0 Å². The van der Waals surface area contributed by atoms with Crippen LogP contribution in [-0.4, -0.2) is 24.9 Å². The molecule has 6 rings (SSSR count). The first-order valence-electron chi connectivity index (χ1n) is 16.5. The van der Waals surface area contributed by atoms with Crippen LogP contribution < -0.4 is 0 Å². The summed E-state index contributed by atoms with van der Waals surface area (Å²) in [6.45, 7) is 18.9. The Labute approximate surface area is 241 Å². The van der Waals surface area contributed by atoms with Crippen molar-refractivity contribution in [1.29, 1.82) is 0 Å². The predicted octanol–water partition coefficient (Wildman–Crippen LogP) is 9.62. The first-order chi connectivity index (χ1) is 18.3. The minimum Gasteiger partial charge on any atom is -0.348 e. The molecule has 2 heteroatoms. The van der Waals surface area contributed by atoms with Gasteiger partial charge >= 0.3 is 0 Å². The summed E-state index contributed by atoms with van der Waals surface area (Å²) in [4.78, 5) is 15.4. The number of nitrogens with zero attached hydrogens (tertiary/aromatic N) is 1. The second kappa shape index (κ2) is 10.2. The molecule has 0 aromatic rings. The highest BCUT2D eigenvalue weighted by molar-refractivity contribution is 5.83. The standard InChI is InChI=1S/C33H51NO.C4H8/c1-9-11-22(2)24-15-19-32(6)27(30(24,3)4)17-20-31(5)25-16-21-33(29(35)34(7)8)18-10-12-26(33)23(25)13-14-28(31)32;1-4-2-3-4/h9,11,15,23,25-28H,1,10,12-14,16-21H2,2-8H3;4H,2-3H2,1H3/b22-11+;. The molecular weight excluding hydrogens is 474 g/mol. The highest BCUT2D eigenvalue weighted by Crippen LogP contribution is 2.73. The van der Waals surface area contributed by atoms with E-state index in [-0.39, 0.29) is 10.8 Å². The molecule has 0 heterocycles. The van der Waals surface area contributed by atoms with Gasteiger partial charge in [0.25, 0.3) is 0 Å². The van der Waals surface area contributed by atoms with Crippen LogP contribution in [0, 0.1) is 57.2 Å². The molecule has 39 heavy (non-hydrogen) atoms. The zero-order valence-electron chi connectivity index (χ0n) is 26.7. The van der Waals surface area contributed by atoms with Crippen molar-refractivity contribution in [2.24, 2.45) is 57.2 Å². The van der Waals surface area contributed by atoms with Crippen molar-refractivity contribution >= 4 is 5.91 Å². The molecule has 0 N–H and O–H groups in total. The molecule has 2 nitrogen and oxygen atoms in total. The number of rotatable bonds is 3. The number of fused-ring (bicyclic) bond motifs is 7. The monoisotopic (exact) mass is 533 g/mol. The molecule has 8 atom stereocenters. The summed E-state index contributed by atoms with van der Waals surface area (Å²) in [6, 6.07) is 0. The van der Waals surface area contributed by atoms with Crippen LogP contribution in [0.25, 0.3) is 0 Å². The number of allylic oxidation sites excluding steroid dienone is 5. The molecule has 218 valence electrons. The Morgan fingerprint density at radius 2 is 1.59 bits per heavy atom. The third-order valence-electron chi connectivity index (χ3n) is 13.6. The summed E-state index contributed by atoms with van der Waals surface area (Å²) in [5.41, 5.74) is 3.93. The Morgan fingerprint density at radius 3 is 2.21 bits per heavy atom. The fraction of sp³-hybridized carbons (Fsp3) is 0.811. The van der Waals surface area contributed by atoms with Crippen LogP contribution >= 0.6 is 0 Å². The van der Waals surface area contributed by atoms with Crippen LogP contribution in [-0.2, 0) is 4.79 Å². The molecule has 6 aliphatic rings. The molecule has 1 amide bonds. The fourth-order valence-corrected chi connectivity index (χ4v) is 11.7. The maximum absolute atomic E-state index is 13.5. The normalized spacial score (nSPS) is 44.4. The molecule has 0 spiro atoms. The smallest absolute Gasteiger partial charge is 0.228 e. The van der Waals surface area contributed by atoms with Gasteiger partial charge in [0.15, 0.2) is 0 Å². The van der Waals surface area contributed by atoms with E-state index in [1.807, 2.05) is 25.1 Å². The van der Waals surface area contributed by atoms with Crippen LogP contribution in [0.5, 0.6) is 0 Å². The van der Waals surface area contributed by atoms with Crippen LogP contribution in [0.15, 0.2) is 36.0 Å². The zero-order valence-corrected chi connectivity index (χ0v) is 26.7. The Balaban J connectivity index is 0.000000707. The topological polar surface area (TPSA) is 20.3 Å². The van der Waals surface area contributed by atoms with Gasteiger partial charge < -0.3 is 4.90 Å². The van der Waals surface area contributed by atoms with Gasteiger partial charge in [0.1, 0.15) is 0 Å². The summed E-state index contributed by atoms with van der Waals surface area (Å²) in [5.74, 6) is 5.26. The number of carbonyl (C=O) groups excluding carboxylic acids is 1. The van der Waals surface area contributed by atoms with Crippen LogP contribution in [0.1, 0.15) is 119 Å². The van der Waals surface area contributed by atoms with Gasteiger partial charge in [0.05, 0.1) is 5.41 Å². The van der Waals surface area contributed by atoms with E-state index in [9.17, 15) is 4.79 Å². The molecule has 0 radical (unpaired) electrons. The summed E-state index contributed by atoms with van der Waals surface area (Å²) >= 11 is 0. The quantitative estimate of drug-likeness (QED) is 0.331. The lowest BCUT2D eigenvalue weighted by Gasteiger charge is -2.68. The molecule has 6 aliphatic carbocycles. The molecule has 8 unspecified atom stereocenters. The van der Waals surface area contributed by atoms with Gasteiger partial charge in [-0.1, -0.05) is 78.7 Å². The van der Waals surface area contributed by atoms with Gasteiger partial charge in [-0.15, -0.1) is 0 Å². The number of amides is 1. The minimum atomic E-state index is -0.0472. The lowest BCUT2D eigenvalue weighted by molar-refractivity contribution is -0.186. The highest BCUT2D eigenvalue weighted by atomic mass is 16.2. The van der Waals surface area contributed by atoms with Gasteiger partial charge in [-0.3, -0.25) is 4.79 Å². The van der Waals surface area contributed by atoms with Crippen molar-refractivity contribution < 1.29 is 4.79 Å². The first-order valence-corrected chi connectivity index (χ1v) is 16.5. The van der Waals surface area contributed by atoms with Crippen molar-refractivity contribution in [3.8, 4) is 0 Å². The van der Waals surface area contributed by atoms with Crippen molar-refractivity contribution in [1.82, 2.24) is 4.90 Å². The lowest BCUT2D eigenvalue weighted by atomic mass is 9.36. The Morgan fingerprint density at radius 1 is 0.897 bits per heavy atom. The van der Waals surface area contributed by atoms with Crippen LogP contribution in [0.2, 0.25) is 0 Å². The van der Waals surface area contributed by atoms with E-state index in [2.05, 4.69) is 60.3 Å². The fourth-order valence-electron chi connectivity index (χ4n) is 11.7. The van der Waals surface area contributed by atoms with E-state index in [0.717, 1.165) is 42.4 Å². The van der Waals surface area contributed by atoms with Gasteiger partial charge in [-0.05, 0) is 128 Å². The maximum atomic E-state index is 13.5.